The second-order valence-corrected chi connectivity index (χ2v) is 5.93. The van der Waals surface area contributed by atoms with Crippen molar-refractivity contribution in [2.75, 3.05) is 18.9 Å². The first kappa shape index (κ1) is 15.3. The highest BCUT2D eigenvalue weighted by Gasteiger charge is 2.44. The molecule has 7 nitrogen and oxygen atoms in total. The Morgan fingerprint density at radius 2 is 2.04 bits per heavy atom. The summed E-state index contributed by atoms with van der Waals surface area (Å²) in [4.78, 5) is 31.7. The minimum Gasteiger partial charge on any atom is -0.373 e. The third-order valence-electron chi connectivity index (χ3n) is 4.29. The fraction of sp³-hybridized carbons (Fsp3) is 0.438. The largest absolute Gasteiger partial charge is 0.373 e. The Labute approximate surface area is 135 Å². The molecule has 1 fully saturated rings. The van der Waals surface area contributed by atoms with E-state index in [1.807, 2.05) is 31.9 Å². The Balaban J connectivity index is 2.00. The minimum atomic E-state index is -0.523. The number of nitrogens with one attached hydrogen (secondary N) is 1. The highest BCUT2D eigenvalue weighted by atomic mass is 16.2. The van der Waals surface area contributed by atoms with Crippen LogP contribution in [0.25, 0.3) is 0 Å². The highest BCUT2D eigenvalue weighted by Crippen LogP contribution is 2.38. The van der Waals surface area contributed by atoms with Gasteiger partial charge in [0.2, 0.25) is 0 Å². The molecule has 0 saturated carbocycles. The number of aryl methyl sites for hydroxylation is 1. The van der Waals surface area contributed by atoms with Crippen LogP contribution >= 0.6 is 0 Å². The summed E-state index contributed by atoms with van der Waals surface area (Å²) in [5.41, 5.74) is 0.843. The van der Waals surface area contributed by atoms with Crippen molar-refractivity contribution in [2.24, 2.45) is 0 Å². The number of hydrogen-bond acceptors (Lipinski definition) is 6. The van der Waals surface area contributed by atoms with Gasteiger partial charge in [-0.15, -0.1) is 0 Å². The fourth-order valence-electron chi connectivity index (χ4n) is 3.02. The fourth-order valence-corrected chi connectivity index (χ4v) is 3.02. The zero-order valence-corrected chi connectivity index (χ0v) is 13.6. The van der Waals surface area contributed by atoms with Crippen molar-refractivity contribution in [1.29, 1.82) is 0 Å². The molecule has 2 aromatic heterocycles. The Hall–Kier alpha value is -2.57. The van der Waals surface area contributed by atoms with Gasteiger partial charge in [-0.2, -0.15) is 0 Å². The van der Waals surface area contributed by atoms with E-state index in [4.69, 9.17) is 0 Å². The molecule has 1 atom stereocenters. The van der Waals surface area contributed by atoms with Crippen molar-refractivity contribution in [3.63, 3.8) is 0 Å². The second-order valence-electron chi connectivity index (χ2n) is 5.93. The topological polar surface area (TPSA) is 83.9 Å². The third kappa shape index (κ3) is 2.74. The average molecular weight is 312 g/mol. The van der Waals surface area contributed by atoms with Gasteiger partial charge < -0.3 is 10.2 Å². The van der Waals surface area contributed by atoms with Gasteiger partial charge in [-0.25, -0.2) is 19.9 Å². The van der Waals surface area contributed by atoms with E-state index in [9.17, 15) is 4.79 Å². The van der Waals surface area contributed by atoms with Gasteiger partial charge in [0, 0.05) is 37.7 Å². The molecule has 120 valence electrons. The molecule has 1 amide bonds. The average Bonchev–Trinajstić information content (AvgIpc) is 2.97. The number of likely N-dealkylation sites (tertiary alicyclic amines) is 1. The molecule has 0 radical (unpaired) electrons. The molecule has 0 aliphatic carbocycles. The van der Waals surface area contributed by atoms with Gasteiger partial charge in [0.05, 0.1) is 5.56 Å². The van der Waals surface area contributed by atoms with Crippen molar-refractivity contribution in [3.05, 3.63) is 41.9 Å². The third-order valence-corrected chi connectivity index (χ3v) is 4.29. The lowest BCUT2D eigenvalue weighted by atomic mass is 9.97. The molecule has 1 aliphatic heterocycles. The van der Waals surface area contributed by atoms with Crippen LogP contribution in [-0.2, 0) is 5.54 Å². The normalized spacial score (nSPS) is 20.6. The summed E-state index contributed by atoms with van der Waals surface area (Å²) in [7, 11) is 1.83. The summed E-state index contributed by atoms with van der Waals surface area (Å²) < 4.78 is 0. The van der Waals surface area contributed by atoms with Crippen molar-refractivity contribution in [2.45, 2.75) is 32.2 Å². The van der Waals surface area contributed by atoms with E-state index in [1.165, 1.54) is 6.33 Å². The molecule has 0 aromatic carbocycles. The number of rotatable bonds is 3. The van der Waals surface area contributed by atoms with Crippen LogP contribution in [0.15, 0.2) is 24.8 Å². The van der Waals surface area contributed by atoms with Crippen LogP contribution in [-0.4, -0.2) is 44.3 Å². The van der Waals surface area contributed by atoms with E-state index in [0.717, 1.165) is 24.4 Å². The molecule has 3 rings (SSSR count). The van der Waals surface area contributed by atoms with E-state index >= 15 is 0 Å². The molecule has 1 aliphatic rings. The standard InChI is InChI=1S/C16H20N6O/c1-11-7-13(17-3)21-15(20-11)16(2)5-4-6-22(16)14(23)12-8-18-10-19-9-12/h7-10H,4-6H2,1-3H3,(H,17,20,21)/t16-/m1/s1. The molecule has 0 bridgehead atoms. The SMILES string of the molecule is CNc1cc(C)nc([C@@]2(C)CCCN2C(=O)c2cncnc2)n1. The lowest BCUT2D eigenvalue weighted by Crippen LogP contribution is -2.44. The molecule has 0 unspecified atom stereocenters. The molecule has 1 saturated heterocycles. The molecule has 1 N–H and O–H groups in total. The summed E-state index contributed by atoms with van der Waals surface area (Å²) in [6.45, 7) is 4.63. The summed E-state index contributed by atoms with van der Waals surface area (Å²) in [6, 6.07) is 1.89. The van der Waals surface area contributed by atoms with Crippen molar-refractivity contribution in [1.82, 2.24) is 24.8 Å². The summed E-state index contributed by atoms with van der Waals surface area (Å²) >= 11 is 0. The molecule has 3 heterocycles. The Morgan fingerprint density at radius 1 is 1.30 bits per heavy atom. The van der Waals surface area contributed by atoms with Crippen LogP contribution in [0, 0.1) is 6.92 Å². The van der Waals surface area contributed by atoms with E-state index in [0.29, 0.717) is 17.9 Å². The molecule has 7 heteroatoms. The first-order chi connectivity index (χ1) is 11.0. The van der Waals surface area contributed by atoms with Crippen LogP contribution in [0.5, 0.6) is 0 Å². The first-order valence-corrected chi connectivity index (χ1v) is 7.65. The van der Waals surface area contributed by atoms with Gasteiger partial charge in [0.15, 0.2) is 5.82 Å². The monoisotopic (exact) mass is 312 g/mol. The molecule has 2 aromatic rings. The maximum atomic E-state index is 12.9. The van der Waals surface area contributed by atoms with Crippen LogP contribution < -0.4 is 5.32 Å². The van der Waals surface area contributed by atoms with E-state index < -0.39 is 5.54 Å². The molecule has 0 spiro atoms. The zero-order valence-electron chi connectivity index (χ0n) is 13.6. The minimum absolute atomic E-state index is 0.0817. The van der Waals surface area contributed by atoms with Gasteiger partial charge in [0.1, 0.15) is 17.7 Å². The maximum Gasteiger partial charge on any atom is 0.257 e. The Kier molecular flexibility index (Phi) is 3.94. The number of hydrogen-bond donors (Lipinski definition) is 1. The van der Waals surface area contributed by atoms with Crippen molar-refractivity contribution in [3.8, 4) is 0 Å². The number of carbonyl (C=O) groups excluding carboxylic acids is 1. The first-order valence-electron chi connectivity index (χ1n) is 7.65. The van der Waals surface area contributed by atoms with Crippen LogP contribution in [0.1, 0.15) is 41.6 Å². The van der Waals surface area contributed by atoms with Gasteiger partial charge in [-0.3, -0.25) is 4.79 Å². The van der Waals surface area contributed by atoms with E-state index in [2.05, 4.69) is 25.3 Å². The summed E-state index contributed by atoms with van der Waals surface area (Å²) in [5.74, 6) is 1.35. The number of carbonyl (C=O) groups is 1. The number of aromatic nitrogens is 4. The number of amides is 1. The smallest absolute Gasteiger partial charge is 0.257 e. The second kappa shape index (κ2) is 5.91. The van der Waals surface area contributed by atoms with Crippen molar-refractivity contribution < 1.29 is 4.79 Å². The maximum absolute atomic E-state index is 12.9. The van der Waals surface area contributed by atoms with Crippen molar-refractivity contribution >= 4 is 11.7 Å². The van der Waals surface area contributed by atoms with Crippen LogP contribution in [0.2, 0.25) is 0 Å². The van der Waals surface area contributed by atoms with Gasteiger partial charge in [0.25, 0.3) is 5.91 Å². The zero-order chi connectivity index (χ0) is 16.4. The van der Waals surface area contributed by atoms with Gasteiger partial charge in [-0.1, -0.05) is 0 Å². The molecule has 23 heavy (non-hydrogen) atoms. The van der Waals surface area contributed by atoms with Gasteiger partial charge >= 0.3 is 0 Å². The highest BCUT2D eigenvalue weighted by molar-refractivity contribution is 5.94. The summed E-state index contributed by atoms with van der Waals surface area (Å²) in [5, 5.41) is 3.05. The van der Waals surface area contributed by atoms with Gasteiger partial charge in [-0.05, 0) is 26.7 Å². The van der Waals surface area contributed by atoms with Crippen LogP contribution in [0.3, 0.4) is 0 Å². The lowest BCUT2D eigenvalue weighted by molar-refractivity contribution is 0.0603. The number of nitrogens with zero attached hydrogens (tertiary/aromatic N) is 5. The predicted octanol–water partition coefficient (Wildman–Crippen LogP) is 1.77. The van der Waals surface area contributed by atoms with E-state index in [-0.39, 0.29) is 5.91 Å². The molecular formula is C16H20N6O. The van der Waals surface area contributed by atoms with Crippen LogP contribution in [0.4, 0.5) is 5.82 Å². The lowest BCUT2D eigenvalue weighted by Gasteiger charge is -2.34. The predicted molar refractivity (Wildman–Crippen MR) is 86.0 cm³/mol. The quantitative estimate of drug-likeness (QED) is 0.930. The van der Waals surface area contributed by atoms with E-state index in [1.54, 1.807) is 12.4 Å². The molecular weight excluding hydrogens is 292 g/mol. The Bertz CT molecular complexity index is 720. The number of anilines is 1. The Morgan fingerprint density at radius 3 is 2.74 bits per heavy atom. The summed E-state index contributed by atoms with van der Waals surface area (Å²) in [6.07, 6.45) is 6.26.